The molecule has 2 atom stereocenters. The second kappa shape index (κ2) is 8.95. The Balaban J connectivity index is 2.41. The lowest BCUT2D eigenvalue weighted by Gasteiger charge is -2.36. The van der Waals surface area contributed by atoms with Crippen LogP contribution in [0.4, 0.5) is 0 Å². The number of nitrogens with zero attached hydrogens (tertiary/aromatic N) is 2. The van der Waals surface area contributed by atoms with E-state index in [9.17, 15) is 9.90 Å². The van der Waals surface area contributed by atoms with E-state index < -0.39 is 5.97 Å². The van der Waals surface area contributed by atoms with Crippen molar-refractivity contribution in [1.82, 2.24) is 0 Å². The zero-order chi connectivity index (χ0) is 15.7. The summed E-state index contributed by atoms with van der Waals surface area (Å²) in [7, 11) is 0. The number of carbonyl (C=O) groups is 1. The highest BCUT2D eigenvalue weighted by atomic mass is 16.4. The van der Waals surface area contributed by atoms with Crippen LogP contribution in [0.2, 0.25) is 0 Å². The summed E-state index contributed by atoms with van der Waals surface area (Å²) in [4.78, 5) is 15.4. The number of unbranched alkanes of at least 4 members (excludes halogenated alkanes) is 6. The van der Waals surface area contributed by atoms with Crippen LogP contribution in [0.1, 0.15) is 65.2 Å². The summed E-state index contributed by atoms with van der Waals surface area (Å²) < 4.78 is 0.109. The number of quaternary nitrogens is 1. The maximum absolute atomic E-state index is 11.0. The Morgan fingerprint density at radius 1 is 1.29 bits per heavy atom. The summed E-state index contributed by atoms with van der Waals surface area (Å²) in [5.74, 6) is -0.242. The Bertz CT molecular complexity index is 391. The lowest BCUT2D eigenvalue weighted by Crippen LogP contribution is -2.60. The molecule has 0 aromatic carbocycles. The minimum Gasteiger partial charge on any atom is -0.544 e. The summed E-state index contributed by atoms with van der Waals surface area (Å²) in [5.41, 5.74) is 6.01. The first-order valence-corrected chi connectivity index (χ1v) is 8.10. The van der Waals surface area contributed by atoms with Crippen LogP contribution in [-0.4, -0.2) is 29.0 Å². The second-order valence-corrected chi connectivity index (χ2v) is 5.92. The van der Waals surface area contributed by atoms with E-state index in [1.54, 1.807) is 12.4 Å². The van der Waals surface area contributed by atoms with Gasteiger partial charge in [0.05, 0.1) is 12.2 Å². The van der Waals surface area contributed by atoms with Crippen molar-refractivity contribution >= 4 is 11.8 Å². The van der Waals surface area contributed by atoms with Crippen LogP contribution in [0.3, 0.4) is 0 Å². The highest BCUT2D eigenvalue weighted by Crippen LogP contribution is 2.23. The van der Waals surface area contributed by atoms with E-state index in [2.05, 4.69) is 11.9 Å². The third-order valence-electron chi connectivity index (χ3n) is 4.16. The van der Waals surface area contributed by atoms with Crippen molar-refractivity contribution in [3.8, 4) is 0 Å². The number of carboxylic acids is 1. The van der Waals surface area contributed by atoms with Gasteiger partial charge in [0, 0.05) is 13.3 Å². The molecular weight excluding hydrogens is 266 g/mol. The molecule has 0 saturated heterocycles. The molecular formula is C16H29N3O2. The van der Waals surface area contributed by atoms with E-state index in [1.165, 1.54) is 32.1 Å². The van der Waals surface area contributed by atoms with E-state index in [-0.39, 0.29) is 17.2 Å². The largest absolute Gasteiger partial charge is 0.544 e. The highest BCUT2D eigenvalue weighted by molar-refractivity contribution is 5.81. The van der Waals surface area contributed by atoms with E-state index in [0.717, 1.165) is 25.1 Å². The molecule has 2 N–H and O–H groups in total. The normalized spacial score (nSPS) is 22.3. The second-order valence-electron chi connectivity index (χ2n) is 5.92. The zero-order valence-corrected chi connectivity index (χ0v) is 13.4. The van der Waals surface area contributed by atoms with E-state index in [4.69, 9.17) is 5.73 Å². The molecule has 0 fully saturated rings. The van der Waals surface area contributed by atoms with Crippen LogP contribution in [0.5, 0.6) is 0 Å². The van der Waals surface area contributed by atoms with Gasteiger partial charge in [-0.2, -0.15) is 0 Å². The molecule has 1 aliphatic heterocycles. The summed E-state index contributed by atoms with van der Waals surface area (Å²) in [6.45, 7) is 3.90. The molecule has 120 valence electrons. The molecule has 0 radical (unpaired) electrons. The predicted octanol–water partition coefficient (Wildman–Crippen LogP) is 1.88. The van der Waals surface area contributed by atoms with Crippen LogP contribution in [0, 0.1) is 0 Å². The van der Waals surface area contributed by atoms with Gasteiger partial charge in [-0.3, -0.25) is 5.73 Å². The van der Waals surface area contributed by atoms with Gasteiger partial charge in [0.1, 0.15) is 18.9 Å². The Kier molecular flexibility index (Phi) is 7.61. The standard InChI is InChI=1S/C16H29N3O2/c1-3-4-5-6-7-8-9-10-15-18-11-12-19(15,14(2)17)13-16(20)21/h11-12,14H,3-10,13,17H2,1-2H3. The molecule has 0 saturated carbocycles. The number of rotatable bonds is 11. The Morgan fingerprint density at radius 2 is 1.90 bits per heavy atom. The molecule has 0 aliphatic carbocycles. The van der Waals surface area contributed by atoms with Gasteiger partial charge in [0.2, 0.25) is 5.84 Å². The molecule has 0 bridgehead atoms. The van der Waals surface area contributed by atoms with Gasteiger partial charge in [-0.25, -0.2) is 9.48 Å². The van der Waals surface area contributed by atoms with Crippen molar-refractivity contribution in [3.05, 3.63) is 12.4 Å². The van der Waals surface area contributed by atoms with Crippen molar-refractivity contribution < 1.29 is 14.4 Å². The number of hydrogen-bond donors (Lipinski definition) is 1. The molecule has 5 nitrogen and oxygen atoms in total. The number of hydrogen-bond acceptors (Lipinski definition) is 4. The van der Waals surface area contributed by atoms with Crippen LogP contribution in [0.25, 0.3) is 0 Å². The minimum absolute atomic E-state index is 0.109. The van der Waals surface area contributed by atoms with Gasteiger partial charge in [-0.1, -0.05) is 45.4 Å². The average molecular weight is 295 g/mol. The third-order valence-corrected chi connectivity index (χ3v) is 4.16. The fourth-order valence-electron chi connectivity index (χ4n) is 2.82. The number of amidine groups is 1. The SMILES string of the molecule is CCCCCCCCCC1=NC=C[N+]1(CC(=O)[O-])C(C)N. The maximum atomic E-state index is 11.0. The number of nitrogens with two attached hydrogens (primary N) is 1. The molecule has 1 aliphatic rings. The highest BCUT2D eigenvalue weighted by Gasteiger charge is 2.38. The first-order chi connectivity index (χ1) is 10.0. The van der Waals surface area contributed by atoms with Crippen molar-refractivity contribution in [2.75, 3.05) is 6.54 Å². The summed E-state index contributed by atoms with van der Waals surface area (Å²) in [5, 5.41) is 11.0. The van der Waals surface area contributed by atoms with Gasteiger partial charge in [-0.15, -0.1) is 0 Å². The zero-order valence-electron chi connectivity index (χ0n) is 13.4. The average Bonchev–Trinajstić information content (AvgIpc) is 2.81. The van der Waals surface area contributed by atoms with Gasteiger partial charge >= 0.3 is 0 Å². The summed E-state index contributed by atoms with van der Waals surface area (Å²) >= 11 is 0. The predicted molar refractivity (Wildman–Crippen MR) is 83.0 cm³/mol. The topological polar surface area (TPSA) is 78.5 Å². The molecule has 5 heteroatoms. The minimum atomic E-state index is -1.09. The molecule has 0 aromatic rings. The molecule has 0 aromatic heterocycles. The third kappa shape index (κ3) is 5.25. The molecule has 21 heavy (non-hydrogen) atoms. The summed E-state index contributed by atoms with van der Waals surface area (Å²) in [6, 6.07) is 0. The number of carboxylic acid groups (broad SMARTS) is 1. The van der Waals surface area contributed by atoms with Crippen molar-refractivity contribution in [2.45, 2.75) is 71.4 Å². The molecule has 0 amide bonds. The monoisotopic (exact) mass is 295 g/mol. The van der Waals surface area contributed by atoms with Crippen LogP contribution >= 0.6 is 0 Å². The fourth-order valence-corrected chi connectivity index (χ4v) is 2.82. The first kappa shape index (κ1) is 17.9. The molecule has 1 rings (SSSR count). The van der Waals surface area contributed by atoms with Gasteiger partial charge in [0.15, 0.2) is 0 Å². The number of aliphatic imine (C=N–C) groups is 1. The molecule has 2 unspecified atom stereocenters. The Hall–Kier alpha value is -1.20. The maximum Gasteiger partial charge on any atom is 0.209 e. The Labute approximate surface area is 128 Å². The van der Waals surface area contributed by atoms with Crippen molar-refractivity contribution in [1.29, 1.82) is 0 Å². The molecule has 0 spiro atoms. The van der Waals surface area contributed by atoms with E-state index in [1.807, 2.05) is 6.92 Å². The van der Waals surface area contributed by atoms with Gasteiger partial charge in [-0.05, 0) is 6.42 Å². The van der Waals surface area contributed by atoms with Crippen LogP contribution < -0.4 is 10.8 Å². The van der Waals surface area contributed by atoms with E-state index in [0.29, 0.717) is 0 Å². The Morgan fingerprint density at radius 3 is 2.48 bits per heavy atom. The molecule has 1 heterocycles. The fraction of sp³-hybridized carbons (Fsp3) is 0.750. The van der Waals surface area contributed by atoms with Crippen LogP contribution in [-0.2, 0) is 4.79 Å². The van der Waals surface area contributed by atoms with Crippen LogP contribution in [0.15, 0.2) is 17.4 Å². The van der Waals surface area contributed by atoms with E-state index >= 15 is 0 Å². The first-order valence-electron chi connectivity index (χ1n) is 8.10. The van der Waals surface area contributed by atoms with Gasteiger partial charge < -0.3 is 9.90 Å². The smallest absolute Gasteiger partial charge is 0.209 e. The number of carbonyl (C=O) groups excluding carboxylic acids is 1. The van der Waals surface area contributed by atoms with Crippen molar-refractivity contribution in [2.24, 2.45) is 10.7 Å². The lowest BCUT2D eigenvalue weighted by atomic mass is 10.1. The van der Waals surface area contributed by atoms with Crippen molar-refractivity contribution in [3.63, 3.8) is 0 Å². The lowest BCUT2D eigenvalue weighted by molar-refractivity contribution is -0.808. The quantitative estimate of drug-likeness (QED) is 0.467. The van der Waals surface area contributed by atoms with Gasteiger partial charge in [0.25, 0.3) is 0 Å². The number of aliphatic carboxylic acids is 1. The summed E-state index contributed by atoms with van der Waals surface area (Å²) in [6.07, 6.45) is 12.5.